The lowest BCUT2D eigenvalue weighted by atomic mass is 10.0. The Morgan fingerprint density at radius 1 is 0.968 bits per heavy atom. The van der Waals surface area contributed by atoms with Gasteiger partial charge in [-0.25, -0.2) is 10.9 Å². The molecule has 0 aromatic heterocycles. The first-order valence-corrected chi connectivity index (χ1v) is 11.5. The Hall–Kier alpha value is -1.99. The summed E-state index contributed by atoms with van der Waals surface area (Å²) >= 11 is 12.5. The summed E-state index contributed by atoms with van der Waals surface area (Å²) in [4.78, 5) is 16.6. The van der Waals surface area contributed by atoms with Crippen molar-refractivity contribution >= 4 is 40.5 Å². The molecular formula is C23H28Cl2N4O2. The molecule has 2 aliphatic rings. The van der Waals surface area contributed by atoms with Crippen LogP contribution in [0.2, 0.25) is 10.0 Å². The van der Waals surface area contributed by atoms with Crippen molar-refractivity contribution < 1.29 is 9.53 Å². The van der Waals surface area contributed by atoms with Crippen LogP contribution in [0.3, 0.4) is 0 Å². The molecule has 0 bridgehead atoms. The molecule has 4 rings (SSSR count). The number of amides is 1. The van der Waals surface area contributed by atoms with E-state index >= 15 is 0 Å². The number of hydrazine groups is 1. The third-order valence-corrected chi connectivity index (χ3v) is 6.78. The lowest BCUT2D eigenvalue weighted by Crippen LogP contribution is -2.46. The molecule has 0 radical (unpaired) electrons. The Morgan fingerprint density at radius 2 is 1.77 bits per heavy atom. The summed E-state index contributed by atoms with van der Waals surface area (Å²) in [6.45, 7) is 5.61. The van der Waals surface area contributed by atoms with Gasteiger partial charge in [-0.2, -0.15) is 0 Å². The number of carbonyl (C=O) groups is 1. The lowest BCUT2D eigenvalue weighted by Gasteiger charge is -2.36. The van der Waals surface area contributed by atoms with Crippen molar-refractivity contribution in [3.05, 3.63) is 52.0 Å². The number of nitrogens with two attached hydrogens (primary N) is 1. The molecule has 1 fully saturated rings. The van der Waals surface area contributed by atoms with Crippen LogP contribution in [0.15, 0.2) is 36.4 Å². The molecule has 0 atom stereocenters. The highest BCUT2D eigenvalue weighted by molar-refractivity contribution is 6.43. The SMILES string of the molecule is NN1C(=O)CCc2ccc(OCCCCN3CCN(c4cccc(Cl)c4Cl)CC3)cc21. The van der Waals surface area contributed by atoms with Crippen LogP contribution in [-0.2, 0) is 11.2 Å². The number of aryl methyl sites for hydroxylation is 1. The Morgan fingerprint density at radius 3 is 2.58 bits per heavy atom. The number of unbranched alkanes of at least 4 members (excludes halogenated alkanes) is 1. The minimum atomic E-state index is -0.0534. The number of ether oxygens (including phenoxy) is 1. The van der Waals surface area contributed by atoms with Crippen LogP contribution in [0.4, 0.5) is 11.4 Å². The number of fused-ring (bicyclic) bond motifs is 1. The fraction of sp³-hybridized carbons (Fsp3) is 0.435. The molecule has 0 saturated carbocycles. The second kappa shape index (κ2) is 10.1. The maximum atomic E-state index is 11.8. The van der Waals surface area contributed by atoms with Crippen molar-refractivity contribution in [3.8, 4) is 5.75 Å². The van der Waals surface area contributed by atoms with Gasteiger partial charge in [0.1, 0.15) is 5.75 Å². The van der Waals surface area contributed by atoms with Crippen LogP contribution in [-0.4, -0.2) is 50.1 Å². The summed E-state index contributed by atoms with van der Waals surface area (Å²) in [6, 6.07) is 11.6. The van der Waals surface area contributed by atoms with E-state index in [1.807, 2.05) is 36.4 Å². The molecule has 8 heteroatoms. The van der Waals surface area contributed by atoms with Crippen molar-refractivity contribution in [2.75, 3.05) is 49.2 Å². The summed E-state index contributed by atoms with van der Waals surface area (Å²) in [5.74, 6) is 6.59. The maximum absolute atomic E-state index is 11.8. The highest BCUT2D eigenvalue weighted by Crippen LogP contribution is 2.33. The average molecular weight is 463 g/mol. The smallest absolute Gasteiger partial charge is 0.241 e. The van der Waals surface area contributed by atoms with E-state index in [0.717, 1.165) is 74.7 Å². The predicted octanol–water partition coefficient (Wildman–Crippen LogP) is 4.13. The lowest BCUT2D eigenvalue weighted by molar-refractivity contribution is -0.119. The van der Waals surface area contributed by atoms with E-state index < -0.39 is 0 Å². The monoisotopic (exact) mass is 462 g/mol. The van der Waals surface area contributed by atoms with Gasteiger partial charge in [0.25, 0.3) is 0 Å². The molecule has 31 heavy (non-hydrogen) atoms. The number of rotatable bonds is 7. The summed E-state index contributed by atoms with van der Waals surface area (Å²) in [5, 5.41) is 2.48. The van der Waals surface area contributed by atoms with Gasteiger partial charge >= 0.3 is 0 Å². The summed E-state index contributed by atoms with van der Waals surface area (Å²) in [5.41, 5.74) is 2.86. The van der Waals surface area contributed by atoms with E-state index in [4.69, 9.17) is 33.8 Å². The number of halogens is 2. The van der Waals surface area contributed by atoms with Crippen molar-refractivity contribution in [2.45, 2.75) is 25.7 Å². The second-order valence-electron chi connectivity index (χ2n) is 8.01. The van der Waals surface area contributed by atoms with E-state index in [9.17, 15) is 4.79 Å². The van der Waals surface area contributed by atoms with Crippen LogP contribution >= 0.6 is 23.2 Å². The zero-order chi connectivity index (χ0) is 21.8. The van der Waals surface area contributed by atoms with Gasteiger partial charge in [-0.1, -0.05) is 35.3 Å². The van der Waals surface area contributed by atoms with E-state index in [0.29, 0.717) is 23.1 Å². The molecular weight excluding hydrogens is 435 g/mol. The number of nitrogens with zero attached hydrogens (tertiary/aromatic N) is 3. The van der Waals surface area contributed by atoms with Crippen LogP contribution in [0.5, 0.6) is 5.75 Å². The fourth-order valence-electron chi connectivity index (χ4n) is 4.14. The molecule has 0 aliphatic carbocycles. The molecule has 2 aromatic carbocycles. The van der Waals surface area contributed by atoms with Gasteiger partial charge in [-0.15, -0.1) is 0 Å². The largest absolute Gasteiger partial charge is 0.494 e. The van der Waals surface area contributed by atoms with Gasteiger partial charge in [0.15, 0.2) is 0 Å². The molecule has 2 N–H and O–H groups in total. The van der Waals surface area contributed by atoms with Crippen LogP contribution < -0.4 is 20.5 Å². The Bertz CT molecular complexity index is 932. The van der Waals surface area contributed by atoms with Gasteiger partial charge in [0, 0.05) is 38.7 Å². The van der Waals surface area contributed by atoms with E-state index in [2.05, 4.69) is 9.80 Å². The van der Waals surface area contributed by atoms with Crippen LogP contribution in [0, 0.1) is 0 Å². The first-order valence-electron chi connectivity index (χ1n) is 10.8. The number of anilines is 2. The Labute approximate surface area is 193 Å². The summed E-state index contributed by atoms with van der Waals surface area (Å²) in [6.07, 6.45) is 3.25. The Balaban J connectivity index is 1.17. The minimum Gasteiger partial charge on any atom is -0.494 e. The van der Waals surface area contributed by atoms with E-state index in [1.165, 1.54) is 5.01 Å². The zero-order valence-corrected chi connectivity index (χ0v) is 19.0. The van der Waals surface area contributed by atoms with Crippen molar-refractivity contribution in [1.82, 2.24) is 4.90 Å². The highest BCUT2D eigenvalue weighted by atomic mass is 35.5. The van der Waals surface area contributed by atoms with Crippen LogP contribution in [0.1, 0.15) is 24.8 Å². The molecule has 0 spiro atoms. The van der Waals surface area contributed by atoms with Crippen LogP contribution in [0.25, 0.3) is 0 Å². The number of benzene rings is 2. The zero-order valence-electron chi connectivity index (χ0n) is 17.5. The van der Waals surface area contributed by atoms with Gasteiger partial charge in [0.2, 0.25) is 5.91 Å². The first kappa shape index (κ1) is 22.2. The molecule has 2 aromatic rings. The Kier molecular flexibility index (Phi) is 7.23. The third kappa shape index (κ3) is 5.26. The van der Waals surface area contributed by atoms with E-state index in [-0.39, 0.29) is 5.91 Å². The number of hydrogen-bond acceptors (Lipinski definition) is 5. The van der Waals surface area contributed by atoms with Crippen molar-refractivity contribution in [1.29, 1.82) is 0 Å². The summed E-state index contributed by atoms with van der Waals surface area (Å²) in [7, 11) is 0. The third-order valence-electron chi connectivity index (χ3n) is 5.97. The predicted molar refractivity (Wildman–Crippen MR) is 126 cm³/mol. The van der Waals surface area contributed by atoms with Crippen molar-refractivity contribution in [2.24, 2.45) is 5.84 Å². The number of hydrogen-bond donors (Lipinski definition) is 1. The quantitative estimate of drug-likeness (QED) is 0.380. The fourth-order valence-corrected chi connectivity index (χ4v) is 4.56. The van der Waals surface area contributed by atoms with Gasteiger partial charge in [-0.05, 0) is 49.6 Å². The molecule has 1 amide bonds. The number of carbonyl (C=O) groups excluding carboxylic acids is 1. The molecule has 0 unspecified atom stereocenters. The number of piperazine rings is 1. The molecule has 2 heterocycles. The van der Waals surface area contributed by atoms with Gasteiger partial charge in [-0.3, -0.25) is 9.69 Å². The maximum Gasteiger partial charge on any atom is 0.241 e. The summed E-state index contributed by atoms with van der Waals surface area (Å²) < 4.78 is 5.90. The normalized spacial score (nSPS) is 17.1. The highest BCUT2D eigenvalue weighted by Gasteiger charge is 2.22. The topological polar surface area (TPSA) is 62.0 Å². The van der Waals surface area contributed by atoms with Crippen molar-refractivity contribution in [3.63, 3.8) is 0 Å². The standard InChI is InChI=1S/C23H28Cl2N4O2/c24-19-4-3-5-20(23(19)25)28-13-11-27(12-14-28)10-1-2-15-31-18-8-6-17-7-9-22(30)29(26)21(17)16-18/h3-6,8,16H,1-2,7,9-15,26H2. The average Bonchev–Trinajstić information content (AvgIpc) is 2.79. The molecule has 1 saturated heterocycles. The van der Waals surface area contributed by atoms with E-state index in [1.54, 1.807) is 0 Å². The second-order valence-corrected chi connectivity index (χ2v) is 8.80. The molecule has 166 valence electrons. The first-order chi connectivity index (χ1) is 15.0. The molecule has 6 nitrogen and oxygen atoms in total. The van der Waals surface area contributed by atoms with Gasteiger partial charge in [0.05, 0.1) is 28.0 Å². The minimum absolute atomic E-state index is 0.0534. The van der Waals surface area contributed by atoms with Gasteiger partial charge < -0.3 is 9.64 Å². The molecule has 2 aliphatic heterocycles.